The third kappa shape index (κ3) is 5.55. The zero-order chi connectivity index (χ0) is 19.8. The smallest absolute Gasteiger partial charge is 0.328 e. The van der Waals surface area contributed by atoms with Crippen molar-refractivity contribution in [1.82, 2.24) is 10.3 Å². The second-order valence-electron chi connectivity index (χ2n) is 6.10. The maximum absolute atomic E-state index is 12.2. The van der Waals surface area contributed by atoms with E-state index in [-0.39, 0.29) is 31.8 Å². The lowest BCUT2D eigenvalue weighted by Gasteiger charge is -2.17. The van der Waals surface area contributed by atoms with Gasteiger partial charge in [0.1, 0.15) is 12.1 Å². The Kier molecular flexibility index (Phi) is 7.36. The van der Waals surface area contributed by atoms with Gasteiger partial charge in [-0.25, -0.2) is 4.79 Å². The molecule has 0 unspecified atom stereocenters. The van der Waals surface area contributed by atoms with Crippen molar-refractivity contribution in [3.05, 3.63) is 36.0 Å². The Morgan fingerprint density at radius 1 is 1.22 bits per heavy atom. The number of carbonyl (C=O) groups is 3. The Hall–Kier alpha value is -2.87. The van der Waals surface area contributed by atoms with Gasteiger partial charge in [0, 0.05) is 29.9 Å². The van der Waals surface area contributed by atoms with Crippen LogP contribution < -0.4 is 11.1 Å². The third-order valence-electron chi connectivity index (χ3n) is 4.19. The van der Waals surface area contributed by atoms with Crippen LogP contribution in [-0.4, -0.2) is 48.6 Å². The molecule has 0 saturated carbocycles. The van der Waals surface area contributed by atoms with Crippen LogP contribution in [0.5, 0.6) is 0 Å². The number of carbonyl (C=O) groups excluding carboxylic acids is 3. The van der Waals surface area contributed by atoms with Crippen molar-refractivity contribution in [2.45, 2.75) is 38.3 Å². The van der Waals surface area contributed by atoms with E-state index in [1.165, 1.54) is 7.11 Å². The number of para-hydroxylation sites is 1. The number of fused-ring (bicyclic) bond motifs is 1. The number of nitrogens with two attached hydrogens (primary N) is 1. The third-order valence-corrected chi connectivity index (χ3v) is 4.19. The second-order valence-corrected chi connectivity index (χ2v) is 6.10. The molecule has 4 N–H and O–H groups in total. The van der Waals surface area contributed by atoms with E-state index in [0.717, 1.165) is 16.5 Å². The highest BCUT2D eigenvalue weighted by Gasteiger charge is 2.24. The number of ether oxygens (including phenoxy) is 2. The number of hydrogen-bond acceptors (Lipinski definition) is 6. The van der Waals surface area contributed by atoms with E-state index in [9.17, 15) is 14.4 Å². The quantitative estimate of drug-likeness (QED) is 0.563. The number of hydrogen-bond donors (Lipinski definition) is 3. The normalized spacial score (nSPS) is 13.0. The fourth-order valence-corrected chi connectivity index (χ4v) is 2.78. The van der Waals surface area contributed by atoms with Crippen LogP contribution in [0.25, 0.3) is 10.9 Å². The zero-order valence-electron chi connectivity index (χ0n) is 15.5. The molecule has 2 aromatic rings. The molecule has 0 fully saturated rings. The summed E-state index contributed by atoms with van der Waals surface area (Å²) in [7, 11) is 1.27. The van der Waals surface area contributed by atoms with Gasteiger partial charge < -0.3 is 25.5 Å². The average Bonchev–Trinajstić information content (AvgIpc) is 3.08. The van der Waals surface area contributed by atoms with Crippen molar-refractivity contribution < 1.29 is 23.9 Å². The van der Waals surface area contributed by atoms with Gasteiger partial charge in [-0.3, -0.25) is 9.59 Å². The lowest BCUT2D eigenvalue weighted by atomic mass is 10.0. The first-order valence-corrected chi connectivity index (χ1v) is 8.80. The minimum absolute atomic E-state index is 0.00135. The van der Waals surface area contributed by atoms with Gasteiger partial charge in [0.25, 0.3) is 0 Å². The number of H-pyrrole nitrogens is 1. The molecular formula is C19H25N3O5. The van der Waals surface area contributed by atoms with Crippen LogP contribution in [0, 0.1) is 0 Å². The SMILES string of the molecule is CCOC(=O)[C@H](N)CCC(=O)N[C@H](Cc1c[nH]c2ccccc12)C(=O)OC. The number of nitrogens with one attached hydrogen (secondary N) is 2. The van der Waals surface area contributed by atoms with Gasteiger partial charge in [-0.2, -0.15) is 0 Å². The molecule has 8 heteroatoms. The summed E-state index contributed by atoms with van der Waals surface area (Å²) < 4.78 is 9.62. The summed E-state index contributed by atoms with van der Waals surface area (Å²) in [5.74, 6) is -1.47. The molecule has 0 bridgehead atoms. The molecule has 2 atom stereocenters. The van der Waals surface area contributed by atoms with Gasteiger partial charge in [-0.05, 0) is 25.0 Å². The average molecular weight is 375 g/mol. The van der Waals surface area contributed by atoms with Crippen LogP contribution in [-0.2, 0) is 30.3 Å². The lowest BCUT2D eigenvalue weighted by molar-refractivity contribution is -0.146. The zero-order valence-corrected chi connectivity index (χ0v) is 15.5. The lowest BCUT2D eigenvalue weighted by Crippen LogP contribution is -2.43. The van der Waals surface area contributed by atoms with Crippen molar-refractivity contribution in [3.63, 3.8) is 0 Å². The summed E-state index contributed by atoms with van der Waals surface area (Å²) >= 11 is 0. The fourth-order valence-electron chi connectivity index (χ4n) is 2.78. The van der Waals surface area contributed by atoms with E-state index >= 15 is 0 Å². The first-order chi connectivity index (χ1) is 13.0. The molecule has 1 amide bonds. The van der Waals surface area contributed by atoms with Gasteiger partial charge in [-0.1, -0.05) is 18.2 Å². The maximum atomic E-state index is 12.2. The van der Waals surface area contributed by atoms with E-state index in [1.54, 1.807) is 6.92 Å². The van der Waals surface area contributed by atoms with Gasteiger partial charge in [0.05, 0.1) is 13.7 Å². The van der Waals surface area contributed by atoms with Gasteiger partial charge in [-0.15, -0.1) is 0 Å². The molecular weight excluding hydrogens is 350 g/mol. The molecule has 0 radical (unpaired) electrons. The predicted octanol–water partition coefficient (Wildman–Crippen LogP) is 1.04. The van der Waals surface area contributed by atoms with Crippen molar-refractivity contribution >= 4 is 28.7 Å². The first kappa shape index (κ1) is 20.4. The summed E-state index contributed by atoms with van der Waals surface area (Å²) in [4.78, 5) is 39.0. The molecule has 0 saturated heterocycles. The van der Waals surface area contributed by atoms with Crippen molar-refractivity contribution in [2.75, 3.05) is 13.7 Å². The monoisotopic (exact) mass is 375 g/mol. The molecule has 1 heterocycles. The number of aromatic nitrogens is 1. The van der Waals surface area contributed by atoms with E-state index in [2.05, 4.69) is 10.3 Å². The summed E-state index contributed by atoms with van der Waals surface area (Å²) in [5, 5.41) is 3.64. The number of benzene rings is 1. The number of amides is 1. The number of methoxy groups -OCH3 is 1. The summed E-state index contributed by atoms with van der Waals surface area (Å²) in [6.07, 6.45) is 2.22. The van der Waals surface area contributed by atoms with Crippen LogP contribution in [0.2, 0.25) is 0 Å². The fraction of sp³-hybridized carbons (Fsp3) is 0.421. The highest BCUT2D eigenvalue weighted by molar-refractivity contribution is 5.87. The topological polar surface area (TPSA) is 124 Å². The Morgan fingerprint density at radius 3 is 2.67 bits per heavy atom. The molecule has 0 spiro atoms. The number of rotatable bonds is 9. The highest BCUT2D eigenvalue weighted by atomic mass is 16.5. The van der Waals surface area contributed by atoms with Gasteiger partial charge in [0.15, 0.2) is 0 Å². The molecule has 1 aromatic carbocycles. The molecule has 2 rings (SSSR count). The number of esters is 2. The van der Waals surface area contributed by atoms with Crippen molar-refractivity contribution in [3.8, 4) is 0 Å². The van der Waals surface area contributed by atoms with Crippen LogP contribution in [0.15, 0.2) is 30.5 Å². The van der Waals surface area contributed by atoms with Crippen LogP contribution in [0.3, 0.4) is 0 Å². The van der Waals surface area contributed by atoms with Crippen molar-refractivity contribution in [1.29, 1.82) is 0 Å². The molecule has 0 aliphatic carbocycles. The van der Waals surface area contributed by atoms with E-state index < -0.39 is 24.0 Å². The Labute approximate surface area is 157 Å². The minimum atomic E-state index is -0.874. The minimum Gasteiger partial charge on any atom is -0.467 e. The van der Waals surface area contributed by atoms with Crippen LogP contribution in [0.1, 0.15) is 25.3 Å². The maximum Gasteiger partial charge on any atom is 0.328 e. The van der Waals surface area contributed by atoms with Crippen molar-refractivity contribution in [2.24, 2.45) is 5.73 Å². The number of aromatic amines is 1. The van der Waals surface area contributed by atoms with Crippen LogP contribution >= 0.6 is 0 Å². The van der Waals surface area contributed by atoms with Gasteiger partial charge >= 0.3 is 11.9 Å². The Bertz CT molecular complexity index is 801. The van der Waals surface area contributed by atoms with E-state index in [1.807, 2.05) is 30.5 Å². The Balaban J connectivity index is 1.99. The Morgan fingerprint density at radius 2 is 1.96 bits per heavy atom. The summed E-state index contributed by atoms with van der Waals surface area (Å²) in [6, 6.07) is 5.98. The summed E-state index contributed by atoms with van der Waals surface area (Å²) in [6.45, 7) is 1.91. The first-order valence-electron chi connectivity index (χ1n) is 8.80. The molecule has 146 valence electrons. The highest BCUT2D eigenvalue weighted by Crippen LogP contribution is 2.19. The van der Waals surface area contributed by atoms with Gasteiger partial charge in [0.2, 0.25) is 5.91 Å². The predicted molar refractivity (Wildman–Crippen MR) is 99.8 cm³/mol. The molecule has 1 aromatic heterocycles. The van der Waals surface area contributed by atoms with Crippen LogP contribution in [0.4, 0.5) is 0 Å². The molecule has 0 aliphatic heterocycles. The molecule has 0 aliphatic rings. The standard InChI is InChI=1S/C19H25N3O5/c1-3-27-18(24)14(20)8-9-17(23)22-16(19(25)26-2)10-12-11-21-15-7-5-4-6-13(12)15/h4-7,11,14,16,21H,3,8-10,20H2,1-2H3,(H,22,23)/t14-,16-/m1/s1. The largest absolute Gasteiger partial charge is 0.467 e. The molecule has 27 heavy (non-hydrogen) atoms. The van der Waals surface area contributed by atoms with E-state index in [4.69, 9.17) is 15.2 Å². The molecule has 8 nitrogen and oxygen atoms in total. The summed E-state index contributed by atoms with van der Waals surface area (Å²) in [5.41, 5.74) is 7.53. The van der Waals surface area contributed by atoms with E-state index in [0.29, 0.717) is 0 Å². The second kappa shape index (κ2) is 9.72.